The van der Waals surface area contributed by atoms with Gasteiger partial charge in [0.25, 0.3) is 0 Å². The Morgan fingerprint density at radius 1 is 1.11 bits per heavy atom. The lowest BCUT2D eigenvalue weighted by atomic mass is 10.1. The van der Waals surface area contributed by atoms with Crippen molar-refractivity contribution >= 4 is 22.5 Å². The van der Waals surface area contributed by atoms with Gasteiger partial charge in [-0.2, -0.15) is 4.39 Å². The molecule has 0 aromatic carbocycles. The molecule has 0 amide bonds. The van der Waals surface area contributed by atoms with Crippen LogP contribution < -0.4 is 10.1 Å². The third-order valence-electron chi connectivity index (χ3n) is 4.29. The van der Waals surface area contributed by atoms with E-state index in [1.54, 1.807) is 24.5 Å². The smallest absolute Gasteiger partial charge is 0.226 e. The van der Waals surface area contributed by atoms with Crippen LogP contribution in [0.15, 0.2) is 43.0 Å². The fourth-order valence-electron chi connectivity index (χ4n) is 2.94. The SMILES string of the molecule is CCOc1ncnc2[nH]cc(Cc3ccc(Nc4ccc(C)nc4)nc3F)c12. The summed E-state index contributed by atoms with van der Waals surface area (Å²) in [5.41, 5.74) is 3.64. The van der Waals surface area contributed by atoms with Crippen LogP contribution in [0.5, 0.6) is 5.88 Å². The predicted molar refractivity (Wildman–Crippen MR) is 104 cm³/mol. The molecule has 0 aliphatic rings. The van der Waals surface area contributed by atoms with Gasteiger partial charge in [0.15, 0.2) is 0 Å². The standard InChI is InChI=1S/C20H19FN6O/c1-3-28-20-17-14(9-23-19(17)24-11-25-20)8-13-5-7-16(27-18(13)21)26-15-6-4-12(2)22-10-15/h4-7,9-11H,3,8H2,1-2H3,(H,26,27)(H,23,24,25). The maximum absolute atomic E-state index is 14.6. The summed E-state index contributed by atoms with van der Waals surface area (Å²) in [5.74, 6) is 0.376. The van der Waals surface area contributed by atoms with Gasteiger partial charge in [0.1, 0.15) is 17.8 Å². The molecule has 4 aromatic heterocycles. The first-order valence-electron chi connectivity index (χ1n) is 8.93. The van der Waals surface area contributed by atoms with Gasteiger partial charge in [0.05, 0.1) is 23.9 Å². The van der Waals surface area contributed by atoms with Gasteiger partial charge >= 0.3 is 0 Å². The fraction of sp³-hybridized carbons (Fsp3) is 0.200. The average molecular weight is 378 g/mol. The van der Waals surface area contributed by atoms with Crippen molar-refractivity contribution in [1.29, 1.82) is 0 Å². The van der Waals surface area contributed by atoms with E-state index in [9.17, 15) is 4.39 Å². The van der Waals surface area contributed by atoms with Gasteiger partial charge in [-0.25, -0.2) is 15.0 Å². The Balaban J connectivity index is 1.59. The lowest BCUT2D eigenvalue weighted by molar-refractivity contribution is 0.330. The maximum atomic E-state index is 14.6. The normalized spacial score (nSPS) is 11.0. The van der Waals surface area contributed by atoms with Gasteiger partial charge in [-0.3, -0.25) is 4.98 Å². The van der Waals surface area contributed by atoms with Gasteiger partial charge in [-0.1, -0.05) is 6.07 Å². The van der Waals surface area contributed by atoms with E-state index in [2.05, 4.69) is 30.2 Å². The number of pyridine rings is 2. The quantitative estimate of drug-likeness (QED) is 0.494. The van der Waals surface area contributed by atoms with Crippen LogP contribution in [0.4, 0.5) is 15.9 Å². The Hall–Kier alpha value is -3.55. The molecule has 0 saturated carbocycles. The number of nitrogens with one attached hydrogen (secondary N) is 2. The molecule has 7 nitrogen and oxygen atoms in total. The summed E-state index contributed by atoms with van der Waals surface area (Å²) in [6.07, 6.45) is 5.27. The van der Waals surface area contributed by atoms with Gasteiger partial charge in [-0.05, 0) is 37.6 Å². The van der Waals surface area contributed by atoms with E-state index in [1.807, 2.05) is 26.0 Å². The van der Waals surface area contributed by atoms with E-state index in [-0.39, 0.29) is 0 Å². The number of aryl methyl sites for hydroxylation is 1. The number of fused-ring (bicyclic) bond motifs is 1. The molecule has 4 heterocycles. The molecule has 4 aromatic rings. The van der Waals surface area contributed by atoms with Gasteiger partial charge < -0.3 is 15.0 Å². The molecular weight excluding hydrogens is 359 g/mol. The molecule has 0 saturated heterocycles. The zero-order chi connectivity index (χ0) is 19.5. The van der Waals surface area contributed by atoms with E-state index >= 15 is 0 Å². The summed E-state index contributed by atoms with van der Waals surface area (Å²) in [5, 5.41) is 3.81. The highest BCUT2D eigenvalue weighted by atomic mass is 19.1. The molecule has 0 spiro atoms. The second-order valence-electron chi connectivity index (χ2n) is 6.29. The molecule has 4 rings (SSSR count). The highest BCUT2D eigenvalue weighted by Gasteiger charge is 2.15. The van der Waals surface area contributed by atoms with Crippen LogP contribution in [-0.2, 0) is 6.42 Å². The number of anilines is 2. The second kappa shape index (κ2) is 7.59. The third-order valence-corrected chi connectivity index (χ3v) is 4.29. The highest BCUT2D eigenvalue weighted by Crippen LogP contribution is 2.28. The number of H-pyrrole nitrogens is 1. The second-order valence-corrected chi connectivity index (χ2v) is 6.29. The molecule has 0 bridgehead atoms. The number of hydrogen-bond donors (Lipinski definition) is 2. The van der Waals surface area contributed by atoms with Crippen LogP contribution in [0, 0.1) is 12.9 Å². The number of rotatable bonds is 6. The number of halogens is 1. The summed E-state index contributed by atoms with van der Waals surface area (Å²) in [6.45, 7) is 4.28. The van der Waals surface area contributed by atoms with E-state index < -0.39 is 5.95 Å². The van der Waals surface area contributed by atoms with E-state index in [0.29, 0.717) is 35.9 Å². The lowest BCUT2D eigenvalue weighted by Gasteiger charge is -2.08. The lowest BCUT2D eigenvalue weighted by Crippen LogP contribution is -2.01. The van der Waals surface area contributed by atoms with Gasteiger partial charge in [-0.15, -0.1) is 0 Å². The molecule has 0 aliphatic carbocycles. The number of hydrogen-bond acceptors (Lipinski definition) is 6. The molecule has 28 heavy (non-hydrogen) atoms. The van der Waals surface area contributed by atoms with Crippen LogP contribution in [-0.4, -0.2) is 31.5 Å². The first-order valence-corrected chi connectivity index (χ1v) is 8.93. The monoisotopic (exact) mass is 378 g/mol. The van der Waals surface area contributed by atoms with Crippen molar-refractivity contribution in [3.05, 3.63) is 65.8 Å². The number of nitrogens with zero attached hydrogens (tertiary/aromatic N) is 4. The van der Waals surface area contributed by atoms with Crippen LogP contribution in [0.2, 0.25) is 0 Å². The topological polar surface area (TPSA) is 88.6 Å². The molecule has 0 fully saturated rings. The minimum atomic E-state index is -0.533. The van der Waals surface area contributed by atoms with E-state index in [4.69, 9.17) is 4.74 Å². The maximum Gasteiger partial charge on any atom is 0.226 e. The minimum Gasteiger partial charge on any atom is -0.477 e. The molecule has 2 N–H and O–H groups in total. The Morgan fingerprint density at radius 3 is 2.75 bits per heavy atom. The van der Waals surface area contributed by atoms with Gasteiger partial charge in [0, 0.05) is 23.9 Å². The summed E-state index contributed by atoms with van der Waals surface area (Å²) in [6, 6.07) is 7.21. The zero-order valence-electron chi connectivity index (χ0n) is 15.5. The summed E-state index contributed by atoms with van der Waals surface area (Å²) in [4.78, 5) is 19.7. The Bertz CT molecular complexity index is 1110. The van der Waals surface area contributed by atoms with Crippen molar-refractivity contribution in [2.24, 2.45) is 0 Å². The number of ether oxygens (including phenoxy) is 1. The molecule has 0 unspecified atom stereocenters. The Kier molecular flexibility index (Phi) is 4.84. The first-order chi connectivity index (χ1) is 13.6. The summed E-state index contributed by atoms with van der Waals surface area (Å²) >= 11 is 0. The first kappa shape index (κ1) is 17.8. The van der Waals surface area contributed by atoms with Crippen molar-refractivity contribution in [2.45, 2.75) is 20.3 Å². The molecule has 0 aliphatic heterocycles. The molecular formula is C20H19FN6O. The van der Waals surface area contributed by atoms with E-state index in [1.165, 1.54) is 6.33 Å². The summed E-state index contributed by atoms with van der Waals surface area (Å²) < 4.78 is 20.2. The van der Waals surface area contributed by atoms with E-state index in [0.717, 1.165) is 22.3 Å². The molecule has 8 heteroatoms. The molecule has 0 radical (unpaired) electrons. The van der Waals surface area contributed by atoms with Crippen molar-refractivity contribution in [1.82, 2.24) is 24.9 Å². The highest BCUT2D eigenvalue weighted by molar-refractivity contribution is 5.85. The average Bonchev–Trinajstić information content (AvgIpc) is 3.10. The largest absolute Gasteiger partial charge is 0.477 e. The van der Waals surface area contributed by atoms with Crippen LogP contribution >= 0.6 is 0 Å². The van der Waals surface area contributed by atoms with Crippen molar-refractivity contribution in [3.63, 3.8) is 0 Å². The Labute approximate surface area is 161 Å². The number of aromatic amines is 1. The molecule has 142 valence electrons. The third kappa shape index (κ3) is 3.62. The van der Waals surface area contributed by atoms with Crippen LogP contribution in [0.3, 0.4) is 0 Å². The fourth-order valence-corrected chi connectivity index (χ4v) is 2.94. The molecule has 0 atom stereocenters. The van der Waals surface area contributed by atoms with Crippen LogP contribution in [0.1, 0.15) is 23.7 Å². The van der Waals surface area contributed by atoms with Gasteiger partial charge in [0.2, 0.25) is 11.8 Å². The summed E-state index contributed by atoms with van der Waals surface area (Å²) in [7, 11) is 0. The Morgan fingerprint density at radius 2 is 2.00 bits per heavy atom. The van der Waals surface area contributed by atoms with Crippen LogP contribution in [0.25, 0.3) is 11.0 Å². The number of aromatic nitrogens is 5. The predicted octanol–water partition coefficient (Wildman–Crippen LogP) is 3.93. The van der Waals surface area contributed by atoms with Crippen molar-refractivity contribution < 1.29 is 9.13 Å². The minimum absolute atomic E-state index is 0.346. The zero-order valence-corrected chi connectivity index (χ0v) is 15.5. The van der Waals surface area contributed by atoms with Crippen molar-refractivity contribution in [3.8, 4) is 5.88 Å². The van der Waals surface area contributed by atoms with Crippen molar-refractivity contribution in [2.75, 3.05) is 11.9 Å².